The first kappa shape index (κ1) is 23.1. The van der Waals surface area contributed by atoms with Crippen molar-refractivity contribution in [2.75, 3.05) is 6.61 Å². The number of hydrogen-bond acceptors (Lipinski definition) is 3. The minimum Gasteiger partial charge on any atom is -0.466 e. The van der Waals surface area contributed by atoms with Crippen LogP contribution in [-0.2, 0) is 14.0 Å². The number of carbonyl (C=O) groups is 1. The lowest BCUT2D eigenvalue weighted by atomic mass is 10.2. The third kappa shape index (κ3) is 6.15. The van der Waals surface area contributed by atoms with Gasteiger partial charge in [-0.05, 0) is 35.2 Å². The van der Waals surface area contributed by atoms with Gasteiger partial charge in [-0.25, -0.2) is 0 Å². The molecule has 1 unspecified atom stereocenters. The Morgan fingerprint density at radius 3 is 1.97 bits per heavy atom. The zero-order valence-corrected chi connectivity index (χ0v) is 19.4. The molecule has 0 aromatic heterocycles. The standard InChI is InChI=1S/C25H34O3Si/c1-21(15-9-8-14-20-27-22(2)26)28-29(25(3,4)5,23-16-10-6-11-17-23)24-18-12-7-13-19-24/h6-7,9-13,15-19,21H,8,14,20H2,1-5H3/b15-9-. The van der Waals surface area contributed by atoms with Crippen molar-refractivity contribution in [3.8, 4) is 0 Å². The molecule has 0 bridgehead atoms. The van der Waals surface area contributed by atoms with Crippen molar-refractivity contribution in [3.05, 3.63) is 72.8 Å². The van der Waals surface area contributed by atoms with Crippen molar-refractivity contribution >= 4 is 24.7 Å². The number of allylic oxidation sites excluding steroid dienone is 1. The van der Waals surface area contributed by atoms with Gasteiger partial charge in [-0.1, -0.05) is 93.6 Å². The molecule has 0 saturated carbocycles. The minimum atomic E-state index is -2.52. The van der Waals surface area contributed by atoms with E-state index in [0.29, 0.717) is 6.61 Å². The highest BCUT2D eigenvalue weighted by Crippen LogP contribution is 2.37. The van der Waals surface area contributed by atoms with Gasteiger partial charge in [0.25, 0.3) is 8.32 Å². The molecule has 2 rings (SSSR count). The van der Waals surface area contributed by atoms with Gasteiger partial charge >= 0.3 is 5.97 Å². The third-order valence-electron chi connectivity index (χ3n) is 5.01. The van der Waals surface area contributed by atoms with Crippen LogP contribution in [0, 0.1) is 0 Å². The molecule has 156 valence electrons. The average Bonchev–Trinajstić information content (AvgIpc) is 2.69. The van der Waals surface area contributed by atoms with E-state index < -0.39 is 8.32 Å². The molecule has 4 heteroatoms. The predicted octanol–water partition coefficient (Wildman–Crippen LogP) is 4.85. The van der Waals surface area contributed by atoms with Crippen molar-refractivity contribution in [2.24, 2.45) is 0 Å². The Balaban J connectivity index is 2.28. The number of carbonyl (C=O) groups excluding carboxylic acids is 1. The van der Waals surface area contributed by atoms with Crippen LogP contribution in [-0.4, -0.2) is 27.0 Å². The summed E-state index contributed by atoms with van der Waals surface area (Å²) >= 11 is 0. The second-order valence-electron chi connectivity index (χ2n) is 8.40. The van der Waals surface area contributed by atoms with Crippen molar-refractivity contribution in [1.82, 2.24) is 0 Å². The van der Waals surface area contributed by atoms with E-state index in [4.69, 9.17) is 9.16 Å². The van der Waals surface area contributed by atoms with Crippen LogP contribution < -0.4 is 10.4 Å². The summed E-state index contributed by atoms with van der Waals surface area (Å²) in [4.78, 5) is 10.8. The summed E-state index contributed by atoms with van der Waals surface area (Å²) in [5, 5.41) is 2.54. The first-order chi connectivity index (χ1) is 13.8. The molecular weight excluding hydrogens is 376 g/mol. The van der Waals surface area contributed by atoms with Crippen molar-refractivity contribution in [3.63, 3.8) is 0 Å². The monoisotopic (exact) mass is 410 g/mol. The molecule has 2 aromatic carbocycles. The van der Waals surface area contributed by atoms with Gasteiger partial charge in [0.1, 0.15) is 0 Å². The second kappa shape index (κ2) is 10.6. The average molecular weight is 411 g/mol. The normalized spacial score (nSPS) is 13.4. The molecule has 0 saturated heterocycles. The molecule has 2 aromatic rings. The first-order valence-electron chi connectivity index (χ1n) is 10.4. The fourth-order valence-corrected chi connectivity index (χ4v) is 8.37. The minimum absolute atomic E-state index is 0.0185. The van der Waals surface area contributed by atoms with Gasteiger partial charge in [0.15, 0.2) is 0 Å². The zero-order chi connectivity index (χ0) is 21.3. The molecule has 0 heterocycles. The van der Waals surface area contributed by atoms with Gasteiger partial charge < -0.3 is 9.16 Å². The van der Waals surface area contributed by atoms with Crippen molar-refractivity contribution < 1.29 is 14.0 Å². The summed E-state index contributed by atoms with van der Waals surface area (Å²) < 4.78 is 12.0. The Morgan fingerprint density at radius 2 is 1.52 bits per heavy atom. The van der Waals surface area contributed by atoms with Crippen LogP contribution in [0.4, 0.5) is 0 Å². The molecule has 0 spiro atoms. The number of esters is 1. The highest BCUT2D eigenvalue weighted by Gasteiger charge is 2.50. The van der Waals surface area contributed by atoms with Crippen LogP contribution in [0.2, 0.25) is 5.04 Å². The largest absolute Gasteiger partial charge is 0.466 e. The highest BCUT2D eigenvalue weighted by molar-refractivity contribution is 6.99. The van der Waals surface area contributed by atoms with Crippen LogP contribution in [0.25, 0.3) is 0 Å². The summed E-state index contributed by atoms with van der Waals surface area (Å²) in [6.07, 6.45) is 5.93. The van der Waals surface area contributed by atoms with Gasteiger partial charge in [-0.15, -0.1) is 0 Å². The van der Waals surface area contributed by atoms with E-state index in [0.717, 1.165) is 12.8 Å². The molecular formula is C25H34O3Si. The number of ether oxygens (including phenoxy) is 1. The summed E-state index contributed by atoms with van der Waals surface area (Å²) in [6.45, 7) is 10.9. The Labute approximate surface area is 176 Å². The maximum atomic E-state index is 10.8. The maximum Gasteiger partial charge on any atom is 0.302 e. The summed E-state index contributed by atoms with van der Waals surface area (Å²) in [5.41, 5.74) is 0. The number of unbranched alkanes of at least 4 members (excludes halogenated alkanes) is 1. The SMILES string of the molecule is CC(=O)OCCC/C=C\C(C)O[Si](c1ccccc1)(c1ccccc1)C(C)(C)C. The van der Waals surface area contributed by atoms with Crippen LogP contribution in [0.5, 0.6) is 0 Å². The Kier molecular flexibility index (Phi) is 8.41. The van der Waals surface area contributed by atoms with Gasteiger partial charge in [0.05, 0.1) is 12.7 Å². The number of rotatable bonds is 9. The molecule has 0 aliphatic heterocycles. The van der Waals surface area contributed by atoms with Gasteiger partial charge in [-0.2, -0.15) is 0 Å². The second-order valence-corrected chi connectivity index (χ2v) is 12.6. The smallest absolute Gasteiger partial charge is 0.302 e. The van der Waals surface area contributed by atoms with E-state index in [-0.39, 0.29) is 17.1 Å². The molecule has 0 N–H and O–H groups in total. The highest BCUT2D eigenvalue weighted by atomic mass is 28.4. The van der Waals surface area contributed by atoms with Crippen LogP contribution in [0.3, 0.4) is 0 Å². The van der Waals surface area contributed by atoms with Gasteiger partial charge in [0, 0.05) is 6.92 Å². The predicted molar refractivity (Wildman–Crippen MR) is 123 cm³/mol. The summed E-state index contributed by atoms with van der Waals surface area (Å²) in [6, 6.07) is 21.4. The molecule has 1 atom stereocenters. The van der Waals surface area contributed by atoms with E-state index in [1.54, 1.807) is 0 Å². The summed E-state index contributed by atoms with van der Waals surface area (Å²) in [5.74, 6) is -0.225. The van der Waals surface area contributed by atoms with Crippen LogP contribution in [0.1, 0.15) is 47.5 Å². The zero-order valence-electron chi connectivity index (χ0n) is 18.4. The molecule has 0 aliphatic rings. The lowest BCUT2D eigenvalue weighted by Gasteiger charge is -2.44. The lowest BCUT2D eigenvalue weighted by molar-refractivity contribution is -0.141. The summed E-state index contributed by atoms with van der Waals surface area (Å²) in [7, 11) is -2.52. The topological polar surface area (TPSA) is 35.5 Å². The fourth-order valence-electron chi connectivity index (χ4n) is 3.71. The molecule has 0 amide bonds. The lowest BCUT2D eigenvalue weighted by Crippen LogP contribution is -2.67. The molecule has 3 nitrogen and oxygen atoms in total. The molecule has 29 heavy (non-hydrogen) atoms. The van der Waals surface area contributed by atoms with E-state index in [2.05, 4.69) is 101 Å². The number of benzene rings is 2. The number of hydrogen-bond donors (Lipinski definition) is 0. The van der Waals surface area contributed by atoms with Crippen LogP contribution in [0.15, 0.2) is 72.8 Å². The quantitative estimate of drug-likeness (QED) is 0.257. The Bertz CT molecular complexity index is 739. The van der Waals surface area contributed by atoms with Gasteiger partial charge in [-0.3, -0.25) is 4.79 Å². The molecule has 0 fully saturated rings. The Morgan fingerprint density at radius 1 is 1.00 bits per heavy atom. The fraction of sp³-hybridized carbons (Fsp3) is 0.400. The van der Waals surface area contributed by atoms with E-state index in [1.165, 1.54) is 17.3 Å². The molecule has 0 radical (unpaired) electrons. The van der Waals surface area contributed by atoms with Crippen molar-refractivity contribution in [2.45, 2.75) is 58.6 Å². The first-order valence-corrected chi connectivity index (χ1v) is 12.3. The third-order valence-corrected chi connectivity index (χ3v) is 10.1. The van der Waals surface area contributed by atoms with E-state index in [9.17, 15) is 4.79 Å². The van der Waals surface area contributed by atoms with E-state index >= 15 is 0 Å². The van der Waals surface area contributed by atoms with Crippen LogP contribution >= 0.6 is 0 Å². The van der Waals surface area contributed by atoms with Gasteiger partial charge in [0.2, 0.25) is 0 Å². The van der Waals surface area contributed by atoms with E-state index in [1.807, 2.05) is 0 Å². The molecule has 0 aliphatic carbocycles. The van der Waals surface area contributed by atoms with Crippen molar-refractivity contribution in [1.29, 1.82) is 0 Å². The maximum absolute atomic E-state index is 10.8. The Hall–Kier alpha value is -2.17.